The molecule has 0 radical (unpaired) electrons. The number of primary amides is 1. The second-order valence-corrected chi connectivity index (χ2v) is 4.94. The first-order valence-electron chi connectivity index (χ1n) is 5.70. The van der Waals surface area contributed by atoms with E-state index in [9.17, 15) is 9.59 Å². The van der Waals surface area contributed by atoms with Crippen molar-refractivity contribution in [3.8, 4) is 0 Å². The molecule has 2 rings (SSSR count). The van der Waals surface area contributed by atoms with Gasteiger partial charge in [-0.1, -0.05) is 6.92 Å². The average Bonchev–Trinajstić information content (AvgIpc) is 2.94. The summed E-state index contributed by atoms with van der Waals surface area (Å²) in [6.45, 7) is 3.73. The van der Waals surface area contributed by atoms with Crippen LogP contribution in [0.3, 0.4) is 0 Å². The first-order valence-corrected chi connectivity index (χ1v) is 5.70. The van der Waals surface area contributed by atoms with Gasteiger partial charge in [-0.2, -0.15) is 0 Å². The number of nitrogens with one attached hydrogen (secondary N) is 2. The lowest BCUT2D eigenvalue weighted by Gasteiger charge is -2.26. The molecule has 0 spiro atoms. The second-order valence-electron chi connectivity index (χ2n) is 4.94. The van der Waals surface area contributed by atoms with Crippen LogP contribution in [0.15, 0.2) is 23.9 Å². The van der Waals surface area contributed by atoms with Gasteiger partial charge in [0.1, 0.15) is 5.54 Å². The maximum absolute atomic E-state index is 11.9. The topological polar surface area (TPSA) is 84.2 Å². The Balaban J connectivity index is 2.09. The molecule has 17 heavy (non-hydrogen) atoms. The van der Waals surface area contributed by atoms with Crippen LogP contribution in [-0.2, 0) is 9.59 Å². The van der Waals surface area contributed by atoms with Crippen LogP contribution < -0.4 is 16.4 Å². The molecule has 92 valence electrons. The Labute approximate surface area is 100 Å². The van der Waals surface area contributed by atoms with Crippen LogP contribution in [0.25, 0.3) is 0 Å². The number of nitrogens with two attached hydrogens (primary N) is 1. The van der Waals surface area contributed by atoms with E-state index in [-0.39, 0.29) is 11.9 Å². The number of hydrogen-bond acceptors (Lipinski definition) is 3. The van der Waals surface area contributed by atoms with Crippen molar-refractivity contribution >= 4 is 11.8 Å². The molecule has 0 aromatic rings. The molecule has 1 saturated carbocycles. The third-order valence-corrected chi connectivity index (χ3v) is 3.29. The van der Waals surface area contributed by atoms with E-state index in [4.69, 9.17) is 5.73 Å². The molecule has 0 aromatic carbocycles. The molecule has 1 fully saturated rings. The quantitative estimate of drug-likeness (QED) is 0.633. The van der Waals surface area contributed by atoms with Gasteiger partial charge in [-0.05, 0) is 37.6 Å². The minimum Gasteiger partial charge on any atom is -0.374 e. The highest BCUT2D eigenvalue weighted by Crippen LogP contribution is 2.29. The van der Waals surface area contributed by atoms with Crippen LogP contribution in [0.5, 0.6) is 0 Å². The summed E-state index contributed by atoms with van der Waals surface area (Å²) < 4.78 is 0. The van der Waals surface area contributed by atoms with E-state index in [0.29, 0.717) is 11.5 Å². The molecule has 1 aliphatic carbocycles. The predicted molar refractivity (Wildman–Crippen MR) is 63.7 cm³/mol. The Morgan fingerprint density at radius 3 is 2.76 bits per heavy atom. The Morgan fingerprint density at radius 2 is 2.24 bits per heavy atom. The molecular formula is C12H17N3O2. The molecule has 5 nitrogen and oxygen atoms in total. The van der Waals surface area contributed by atoms with Crippen LogP contribution in [0.1, 0.15) is 20.3 Å². The van der Waals surface area contributed by atoms with Crippen molar-refractivity contribution in [2.45, 2.75) is 31.8 Å². The highest BCUT2D eigenvalue weighted by Gasteiger charge is 2.36. The Morgan fingerprint density at radius 1 is 1.59 bits per heavy atom. The zero-order chi connectivity index (χ0) is 12.6. The molecule has 1 heterocycles. The molecule has 1 unspecified atom stereocenters. The summed E-state index contributed by atoms with van der Waals surface area (Å²) in [5.74, 6) is -0.107. The zero-order valence-electron chi connectivity index (χ0n) is 9.99. The Bertz CT molecular complexity index is 427. The van der Waals surface area contributed by atoms with E-state index >= 15 is 0 Å². The Kier molecular flexibility index (Phi) is 2.69. The van der Waals surface area contributed by atoms with E-state index in [1.54, 1.807) is 25.3 Å². The molecule has 2 aliphatic rings. The van der Waals surface area contributed by atoms with Gasteiger partial charge in [0, 0.05) is 11.6 Å². The number of carbonyl (C=O) groups is 2. The summed E-state index contributed by atoms with van der Waals surface area (Å²) in [5, 5.41) is 5.76. The fourth-order valence-corrected chi connectivity index (χ4v) is 1.76. The van der Waals surface area contributed by atoms with Gasteiger partial charge in [0.25, 0.3) is 5.91 Å². The minimum atomic E-state index is -0.989. The number of carbonyl (C=O) groups excluding carboxylic acids is 2. The molecule has 4 N–H and O–H groups in total. The van der Waals surface area contributed by atoms with Gasteiger partial charge in [-0.3, -0.25) is 9.59 Å². The summed E-state index contributed by atoms with van der Waals surface area (Å²) in [6, 6.07) is 0.270. The van der Waals surface area contributed by atoms with Crippen molar-refractivity contribution in [3.05, 3.63) is 23.9 Å². The number of rotatable bonds is 3. The van der Waals surface area contributed by atoms with Crippen molar-refractivity contribution in [3.63, 3.8) is 0 Å². The van der Waals surface area contributed by atoms with E-state index in [2.05, 4.69) is 17.6 Å². The third kappa shape index (κ3) is 2.33. The van der Waals surface area contributed by atoms with Gasteiger partial charge < -0.3 is 16.4 Å². The standard InChI is InChI=1S/C12H17N3O2/c1-7-5-9(7)15-10(16)8-3-4-14-12(2,6-8)11(13)17/h3-4,6-7,9,14H,5H2,1-2H3,(H2,13,17)(H,15,16)/t7-,9-,12?/m0/s1. The molecule has 0 saturated heterocycles. The normalized spacial score (nSPS) is 34.6. The van der Waals surface area contributed by atoms with Crippen molar-refractivity contribution in [2.75, 3.05) is 0 Å². The zero-order valence-corrected chi connectivity index (χ0v) is 9.99. The second kappa shape index (κ2) is 3.91. The van der Waals surface area contributed by atoms with Crippen LogP contribution in [0, 0.1) is 5.92 Å². The van der Waals surface area contributed by atoms with Gasteiger partial charge >= 0.3 is 0 Å². The maximum Gasteiger partial charge on any atom is 0.251 e. The lowest BCUT2D eigenvalue weighted by Crippen LogP contribution is -2.51. The van der Waals surface area contributed by atoms with Crippen molar-refractivity contribution in [2.24, 2.45) is 11.7 Å². The van der Waals surface area contributed by atoms with E-state index in [0.717, 1.165) is 6.42 Å². The summed E-state index contributed by atoms with van der Waals surface area (Å²) in [4.78, 5) is 23.2. The molecule has 1 aliphatic heterocycles. The smallest absolute Gasteiger partial charge is 0.251 e. The molecule has 2 amide bonds. The van der Waals surface area contributed by atoms with E-state index in [1.807, 2.05) is 0 Å². The summed E-state index contributed by atoms with van der Waals surface area (Å²) in [6.07, 6.45) is 5.81. The summed E-state index contributed by atoms with van der Waals surface area (Å²) >= 11 is 0. The first-order chi connectivity index (χ1) is 7.92. The average molecular weight is 235 g/mol. The molecule has 5 heteroatoms. The number of amides is 2. The summed E-state index contributed by atoms with van der Waals surface area (Å²) in [7, 11) is 0. The highest BCUT2D eigenvalue weighted by molar-refractivity contribution is 5.99. The van der Waals surface area contributed by atoms with Crippen molar-refractivity contribution in [1.29, 1.82) is 0 Å². The van der Waals surface area contributed by atoms with Crippen LogP contribution >= 0.6 is 0 Å². The van der Waals surface area contributed by atoms with Crippen LogP contribution in [0.4, 0.5) is 0 Å². The fraction of sp³-hybridized carbons (Fsp3) is 0.500. The highest BCUT2D eigenvalue weighted by atomic mass is 16.2. The van der Waals surface area contributed by atoms with Crippen molar-refractivity contribution in [1.82, 2.24) is 10.6 Å². The van der Waals surface area contributed by atoms with Gasteiger partial charge in [0.2, 0.25) is 5.91 Å². The van der Waals surface area contributed by atoms with Gasteiger partial charge in [-0.15, -0.1) is 0 Å². The van der Waals surface area contributed by atoms with E-state index in [1.165, 1.54) is 0 Å². The van der Waals surface area contributed by atoms with Gasteiger partial charge in [-0.25, -0.2) is 0 Å². The third-order valence-electron chi connectivity index (χ3n) is 3.29. The monoisotopic (exact) mass is 235 g/mol. The predicted octanol–water partition coefficient (Wildman–Crippen LogP) is -0.202. The summed E-state index contributed by atoms with van der Waals surface area (Å²) in [5.41, 5.74) is 4.77. The minimum absolute atomic E-state index is 0.149. The van der Waals surface area contributed by atoms with Crippen LogP contribution in [0.2, 0.25) is 0 Å². The largest absolute Gasteiger partial charge is 0.374 e. The van der Waals surface area contributed by atoms with Crippen LogP contribution in [-0.4, -0.2) is 23.4 Å². The molecular weight excluding hydrogens is 218 g/mol. The SMILES string of the molecule is C[C@H]1C[C@@H]1NC(=O)C1=CC(C)(C(N)=O)NC=C1. The number of dihydropyridines is 1. The molecule has 3 atom stereocenters. The lowest BCUT2D eigenvalue weighted by molar-refractivity contribution is -0.121. The molecule has 0 bridgehead atoms. The fourth-order valence-electron chi connectivity index (χ4n) is 1.76. The Hall–Kier alpha value is -1.78. The van der Waals surface area contributed by atoms with Gasteiger partial charge in [0.15, 0.2) is 0 Å². The van der Waals surface area contributed by atoms with Gasteiger partial charge in [0.05, 0.1) is 0 Å². The number of hydrogen-bond donors (Lipinski definition) is 3. The van der Waals surface area contributed by atoms with E-state index < -0.39 is 11.4 Å². The van der Waals surface area contributed by atoms with Crippen molar-refractivity contribution < 1.29 is 9.59 Å². The molecule has 0 aromatic heterocycles. The lowest BCUT2D eigenvalue weighted by atomic mass is 9.95. The first kappa shape index (κ1) is 11.7. The maximum atomic E-state index is 11.9.